The number of piperidine rings is 1. The third kappa shape index (κ3) is 6.93. The molecule has 3 aromatic rings. The molecule has 1 amide bonds. The van der Waals surface area contributed by atoms with Crippen LogP contribution in [0.4, 0.5) is 10.5 Å². The second kappa shape index (κ2) is 11.5. The van der Waals surface area contributed by atoms with E-state index in [1.165, 1.54) is 0 Å². The summed E-state index contributed by atoms with van der Waals surface area (Å²) in [6.45, 7) is 15.6. The van der Waals surface area contributed by atoms with Crippen LogP contribution in [0.1, 0.15) is 33.6 Å². The highest BCUT2D eigenvalue weighted by atomic mass is 28.3. The fourth-order valence-corrected chi connectivity index (χ4v) is 5.55. The van der Waals surface area contributed by atoms with Gasteiger partial charge in [-0.05, 0) is 57.9 Å². The molecule has 4 rings (SSSR count). The maximum Gasteiger partial charge on any atom is 0.410 e. The van der Waals surface area contributed by atoms with Gasteiger partial charge in [0.1, 0.15) is 18.0 Å². The second-order valence-electron chi connectivity index (χ2n) is 12.4. The molecule has 1 saturated heterocycles. The van der Waals surface area contributed by atoms with Crippen LogP contribution in [0.15, 0.2) is 42.9 Å². The zero-order chi connectivity index (χ0) is 27.5. The Morgan fingerprint density at radius 2 is 1.95 bits per heavy atom. The lowest BCUT2D eigenvalue weighted by Gasteiger charge is -2.39. The third-order valence-corrected chi connectivity index (χ3v) is 8.57. The van der Waals surface area contributed by atoms with Gasteiger partial charge >= 0.3 is 6.09 Å². The predicted octanol–water partition coefficient (Wildman–Crippen LogP) is 6.25. The highest BCUT2D eigenvalue weighted by Gasteiger charge is 2.30. The molecule has 0 bridgehead atoms. The van der Waals surface area contributed by atoms with Crippen LogP contribution in [0.2, 0.25) is 25.7 Å². The number of rotatable bonds is 8. The van der Waals surface area contributed by atoms with Crippen LogP contribution >= 0.6 is 0 Å². The number of carbonyl (C=O) groups is 1. The largest absolute Gasteiger partial charge is 0.444 e. The molecule has 3 aromatic heterocycles. The van der Waals surface area contributed by atoms with Crippen molar-refractivity contribution in [2.75, 3.05) is 31.6 Å². The Bertz CT molecular complexity index is 1230. The summed E-state index contributed by atoms with van der Waals surface area (Å²) in [4.78, 5) is 26.4. The molecule has 38 heavy (non-hydrogen) atoms. The minimum atomic E-state index is -1.17. The second-order valence-corrected chi connectivity index (χ2v) is 18.1. The smallest absolute Gasteiger partial charge is 0.410 e. The Morgan fingerprint density at radius 1 is 1.16 bits per heavy atom. The van der Waals surface area contributed by atoms with Crippen molar-refractivity contribution in [1.29, 1.82) is 0 Å². The van der Waals surface area contributed by atoms with Crippen LogP contribution in [0.3, 0.4) is 0 Å². The number of nitrogens with zero attached hydrogens (tertiary/aromatic N) is 5. The first-order chi connectivity index (χ1) is 17.9. The van der Waals surface area contributed by atoms with E-state index in [4.69, 9.17) is 14.5 Å². The first-order valence-electron chi connectivity index (χ1n) is 13.6. The van der Waals surface area contributed by atoms with Crippen molar-refractivity contribution in [3.05, 3.63) is 42.9 Å². The highest BCUT2D eigenvalue weighted by molar-refractivity contribution is 6.76. The van der Waals surface area contributed by atoms with Crippen molar-refractivity contribution < 1.29 is 14.3 Å². The van der Waals surface area contributed by atoms with Gasteiger partial charge in [-0.1, -0.05) is 25.7 Å². The number of likely N-dealkylation sites (N-methyl/N-ethyl adjacent to an activating group) is 1. The zero-order valence-electron chi connectivity index (χ0n) is 24.0. The van der Waals surface area contributed by atoms with Crippen LogP contribution in [-0.4, -0.2) is 72.0 Å². The molecule has 8 nitrogen and oxygen atoms in total. The van der Waals surface area contributed by atoms with E-state index in [-0.39, 0.29) is 12.1 Å². The molecule has 1 aliphatic heterocycles. The van der Waals surface area contributed by atoms with Crippen molar-refractivity contribution in [2.45, 2.75) is 77.7 Å². The van der Waals surface area contributed by atoms with E-state index in [0.717, 1.165) is 66.6 Å². The number of pyridine rings is 2. The van der Waals surface area contributed by atoms with Crippen molar-refractivity contribution in [3.8, 4) is 11.3 Å². The van der Waals surface area contributed by atoms with Crippen LogP contribution in [0, 0.1) is 0 Å². The Hall–Kier alpha value is -2.91. The summed E-state index contributed by atoms with van der Waals surface area (Å²) in [5.74, 6) is 0. The molecule has 1 aliphatic rings. The maximum atomic E-state index is 12.8. The third-order valence-electron chi connectivity index (χ3n) is 6.87. The number of hydrogen-bond acceptors (Lipinski definition) is 6. The molecule has 206 valence electrons. The van der Waals surface area contributed by atoms with Crippen LogP contribution in [0.25, 0.3) is 22.3 Å². The zero-order valence-corrected chi connectivity index (χ0v) is 25.0. The van der Waals surface area contributed by atoms with Gasteiger partial charge in [0.05, 0.1) is 22.8 Å². The number of ether oxygens (including phenoxy) is 2. The van der Waals surface area contributed by atoms with Gasteiger partial charge in [0.15, 0.2) is 0 Å². The van der Waals surface area contributed by atoms with Gasteiger partial charge < -0.3 is 23.8 Å². The maximum absolute atomic E-state index is 12.8. The normalized spacial score (nSPS) is 16.6. The lowest BCUT2D eigenvalue weighted by atomic mass is 10.0. The van der Waals surface area contributed by atoms with E-state index in [1.807, 2.05) is 58.4 Å². The summed E-state index contributed by atoms with van der Waals surface area (Å²) >= 11 is 0. The number of aromatic nitrogens is 3. The lowest BCUT2D eigenvalue weighted by Crippen LogP contribution is -2.49. The lowest BCUT2D eigenvalue weighted by molar-refractivity contribution is 0.0210. The number of amides is 1. The summed E-state index contributed by atoms with van der Waals surface area (Å²) in [7, 11) is 0.676. The van der Waals surface area contributed by atoms with E-state index in [0.29, 0.717) is 6.73 Å². The standard InChI is InChI=1S/C29H43N5O3Si/c1-29(2,3)37-28(35)32(4)22-11-10-16-33(19-22)25-13-15-31-27-26(25)23(24-12-8-9-14-30-24)20-34(27)21-36-17-18-38(5,6)7/h8-9,12-15,20,22H,10-11,16-19,21H2,1-7H3/t22-/m0/s1. The van der Waals surface area contributed by atoms with Crippen molar-refractivity contribution in [1.82, 2.24) is 19.4 Å². The number of fused-ring (bicyclic) bond motifs is 1. The minimum Gasteiger partial charge on any atom is -0.444 e. The van der Waals surface area contributed by atoms with Crippen molar-refractivity contribution >= 4 is 30.9 Å². The molecule has 0 aliphatic carbocycles. The number of carbonyl (C=O) groups excluding carboxylic acids is 1. The summed E-state index contributed by atoms with van der Waals surface area (Å²) in [5, 5.41) is 1.07. The van der Waals surface area contributed by atoms with Gasteiger partial charge in [0.25, 0.3) is 0 Å². The van der Waals surface area contributed by atoms with Gasteiger partial charge in [0.2, 0.25) is 0 Å². The molecule has 0 unspecified atom stereocenters. The monoisotopic (exact) mass is 537 g/mol. The fraction of sp³-hybridized carbons (Fsp3) is 0.552. The summed E-state index contributed by atoms with van der Waals surface area (Å²) in [5.41, 5.74) is 3.43. The molecule has 1 atom stereocenters. The molecule has 0 aromatic carbocycles. The number of anilines is 1. The molecule has 0 N–H and O–H groups in total. The van der Waals surface area contributed by atoms with Crippen LogP contribution in [-0.2, 0) is 16.2 Å². The van der Waals surface area contributed by atoms with E-state index in [1.54, 1.807) is 4.90 Å². The van der Waals surface area contributed by atoms with Gasteiger partial charge in [-0.15, -0.1) is 0 Å². The van der Waals surface area contributed by atoms with Gasteiger partial charge in [-0.25, -0.2) is 9.78 Å². The molecule has 1 fully saturated rings. The van der Waals surface area contributed by atoms with Crippen molar-refractivity contribution in [3.63, 3.8) is 0 Å². The van der Waals surface area contributed by atoms with Crippen LogP contribution in [0.5, 0.6) is 0 Å². The molecule has 0 radical (unpaired) electrons. The van der Waals surface area contributed by atoms with E-state index >= 15 is 0 Å². The topological polar surface area (TPSA) is 72.7 Å². The fourth-order valence-electron chi connectivity index (χ4n) is 4.79. The average molecular weight is 538 g/mol. The summed E-state index contributed by atoms with van der Waals surface area (Å²) < 4.78 is 13.9. The van der Waals surface area contributed by atoms with E-state index in [9.17, 15) is 4.79 Å². The highest BCUT2D eigenvalue weighted by Crippen LogP contribution is 2.37. The van der Waals surface area contributed by atoms with E-state index < -0.39 is 13.7 Å². The van der Waals surface area contributed by atoms with Crippen molar-refractivity contribution in [2.24, 2.45) is 0 Å². The van der Waals surface area contributed by atoms with Gasteiger partial charge in [0, 0.05) is 59.0 Å². The Kier molecular flexibility index (Phi) is 8.47. The molecule has 9 heteroatoms. The summed E-state index contributed by atoms with van der Waals surface area (Å²) in [6.07, 6.45) is 7.47. The predicted molar refractivity (Wildman–Crippen MR) is 156 cm³/mol. The summed E-state index contributed by atoms with van der Waals surface area (Å²) in [6, 6.07) is 9.25. The Labute approximate surface area is 228 Å². The molecule has 4 heterocycles. The molecular weight excluding hydrogens is 494 g/mol. The Balaban J connectivity index is 1.65. The SMILES string of the molecule is CN(C(=O)OC(C)(C)C)[C@H]1CCCN(c2ccnc3c2c(-c2ccccn2)cn3COCC[Si](C)(C)C)C1. The first-order valence-corrected chi connectivity index (χ1v) is 17.3. The van der Waals surface area contributed by atoms with Gasteiger partial charge in [-0.3, -0.25) is 4.98 Å². The molecule has 0 spiro atoms. The molecular formula is C29H43N5O3Si. The number of hydrogen-bond donors (Lipinski definition) is 0. The quantitative estimate of drug-likeness (QED) is 0.250. The average Bonchev–Trinajstić information content (AvgIpc) is 3.24. The first kappa shape index (κ1) is 28.1. The Morgan fingerprint density at radius 3 is 2.63 bits per heavy atom. The van der Waals surface area contributed by atoms with Crippen LogP contribution < -0.4 is 4.90 Å². The molecule has 0 saturated carbocycles. The minimum absolute atomic E-state index is 0.0621. The van der Waals surface area contributed by atoms with E-state index in [2.05, 4.69) is 46.4 Å². The van der Waals surface area contributed by atoms with Gasteiger partial charge in [-0.2, -0.15) is 0 Å².